The molecular weight excluding hydrogens is 441 g/mol. The molecule has 2 heterocycles. The van der Waals surface area contributed by atoms with E-state index in [0.29, 0.717) is 16.7 Å². The van der Waals surface area contributed by atoms with Gasteiger partial charge in [0, 0.05) is 31.2 Å². The van der Waals surface area contributed by atoms with Crippen LogP contribution in [0.4, 0.5) is 9.52 Å². The van der Waals surface area contributed by atoms with Crippen molar-refractivity contribution in [3.63, 3.8) is 0 Å². The highest BCUT2D eigenvalue weighted by Crippen LogP contribution is 2.31. The zero-order valence-corrected chi connectivity index (χ0v) is 18.5. The summed E-state index contributed by atoms with van der Waals surface area (Å²) in [5.41, 5.74) is 0.783. The topological polar surface area (TPSA) is 54.9 Å². The Hall–Kier alpha value is -2.26. The number of benzene rings is 2. The first-order valence-electron chi connectivity index (χ1n) is 10.1. The van der Waals surface area contributed by atoms with E-state index in [2.05, 4.69) is 9.88 Å². The summed E-state index contributed by atoms with van der Waals surface area (Å²) in [7, 11) is 0. The summed E-state index contributed by atoms with van der Waals surface area (Å²) in [6.07, 6.45) is 0.780. The van der Waals surface area contributed by atoms with Gasteiger partial charge in [0.15, 0.2) is 23.3 Å². The number of ether oxygens (including phenoxy) is 2. The molecule has 0 unspecified atom stereocenters. The van der Waals surface area contributed by atoms with Crippen molar-refractivity contribution >= 4 is 44.2 Å². The summed E-state index contributed by atoms with van der Waals surface area (Å²) in [6.45, 7) is 4.33. The lowest BCUT2D eigenvalue weighted by Crippen LogP contribution is -2.40. The molecule has 1 fully saturated rings. The van der Waals surface area contributed by atoms with E-state index >= 15 is 0 Å². The quantitative estimate of drug-likeness (QED) is 0.500. The van der Waals surface area contributed by atoms with Crippen LogP contribution < -0.4 is 9.64 Å². The first kappa shape index (κ1) is 22.0. The monoisotopic (exact) mass is 463 g/mol. The Balaban J connectivity index is 1.47. The van der Waals surface area contributed by atoms with Crippen LogP contribution >= 0.6 is 22.9 Å². The summed E-state index contributed by atoms with van der Waals surface area (Å²) in [5.74, 6) is -0.709. The van der Waals surface area contributed by atoms with E-state index in [4.69, 9.17) is 21.1 Å². The molecule has 31 heavy (non-hydrogen) atoms. The molecule has 2 aromatic carbocycles. The number of morpholine rings is 1. The maximum absolute atomic E-state index is 13.9. The molecule has 0 atom stereocenters. The molecule has 0 bridgehead atoms. The highest BCUT2D eigenvalue weighted by molar-refractivity contribution is 7.22. The molecule has 1 saturated heterocycles. The summed E-state index contributed by atoms with van der Waals surface area (Å²) >= 11 is 7.50. The van der Waals surface area contributed by atoms with Crippen molar-refractivity contribution in [2.24, 2.45) is 0 Å². The number of fused-ring (bicyclic) bond motifs is 1. The van der Waals surface area contributed by atoms with Crippen molar-refractivity contribution in [3.8, 4) is 5.75 Å². The van der Waals surface area contributed by atoms with Crippen LogP contribution in [-0.4, -0.2) is 61.8 Å². The van der Waals surface area contributed by atoms with Crippen LogP contribution in [0.5, 0.6) is 5.75 Å². The van der Waals surface area contributed by atoms with Gasteiger partial charge in [0.25, 0.3) is 5.91 Å². The fraction of sp³-hybridized carbons (Fsp3) is 0.364. The minimum absolute atomic E-state index is 0.0557. The molecule has 9 heteroatoms. The van der Waals surface area contributed by atoms with Gasteiger partial charge in [-0.05, 0) is 36.8 Å². The summed E-state index contributed by atoms with van der Waals surface area (Å²) in [5, 5.41) is 1.21. The Kier molecular flexibility index (Phi) is 7.34. The third-order valence-corrected chi connectivity index (χ3v) is 6.29. The number of aromatic nitrogens is 1. The van der Waals surface area contributed by atoms with Crippen LogP contribution in [0.2, 0.25) is 5.02 Å². The number of hydrogen-bond donors (Lipinski definition) is 0. The van der Waals surface area contributed by atoms with Gasteiger partial charge >= 0.3 is 0 Å². The molecule has 0 saturated carbocycles. The lowest BCUT2D eigenvalue weighted by Gasteiger charge is -2.27. The largest absolute Gasteiger partial charge is 0.481 e. The van der Waals surface area contributed by atoms with E-state index in [0.717, 1.165) is 49.5 Å². The van der Waals surface area contributed by atoms with E-state index in [-0.39, 0.29) is 18.3 Å². The fourth-order valence-electron chi connectivity index (χ4n) is 3.39. The van der Waals surface area contributed by atoms with Crippen LogP contribution in [0.1, 0.15) is 6.42 Å². The van der Waals surface area contributed by atoms with E-state index < -0.39 is 5.82 Å². The van der Waals surface area contributed by atoms with E-state index in [1.54, 1.807) is 23.1 Å². The number of thiazole rings is 1. The number of anilines is 1. The molecule has 0 N–H and O–H groups in total. The Morgan fingerprint density at radius 1 is 1.26 bits per heavy atom. The number of carbonyl (C=O) groups excluding carboxylic acids is 1. The number of halogens is 2. The molecule has 164 valence electrons. The standard InChI is InChI=1S/C22H23ClFN3O3S/c23-16-6-7-18-20(14-16)31-22(25-18)27(9-3-8-26-10-12-29-13-11-26)21(28)15-30-19-5-2-1-4-17(19)24/h1-2,4-7,14H,3,8-13,15H2. The smallest absolute Gasteiger partial charge is 0.266 e. The number of nitrogens with zero attached hydrogens (tertiary/aromatic N) is 3. The molecule has 6 nitrogen and oxygen atoms in total. The molecule has 1 aliphatic heterocycles. The van der Waals surface area contributed by atoms with Gasteiger partial charge < -0.3 is 9.47 Å². The van der Waals surface area contributed by atoms with Crippen LogP contribution in [0.15, 0.2) is 42.5 Å². The van der Waals surface area contributed by atoms with Crippen LogP contribution in [-0.2, 0) is 9.53 Å². The zero-order valence-electron chi connectivity index (χ0n) is 16.9. The van der Waals surface area contributed by atoms with E-state index in [1.165, 1.54) is 23.5 Å². The van der Waals surface area contributed by atoms with Gasteiger partial charge in [-0.25, -0.2) is 9.37 Å². The minimum Gasteiger partial charge on any atom is -0.481 e. The average Bonchev–Trinajstić information content (AvgIpc) is 3.19. The van der Waals surface area contributed by atoms with Gasteiger partial charge in [-0.15, -0.1) is 0 Å². The Morgan fingerprint density at radius 2 is 2.06 bits per heavy atom. The second-order valence-electron chi connectivity index (χ2n) is 7.18. The predicted octanol–water partition coefficient (Wildman–Crippen LogP) is 4.22. The third kappa shape index (κ3) is 5.71. The Labute approximate surface area is 189 Å². The van der Waals surface area contributed by atoms with Gasteiger partial charge in [-0.1, -0.05) is 35.1 Å². The van der Waals surface area contributed by atoms with E-state index in [9.17, 15) is 9.18 Å². The van der Waals surface area contributed by atoms with Crippen molar-refractivity contribution in [3.05, 3.63) is 53.3 Å². The molecule has 1 amide bonds. The number of rotatable bonds is 8. The molecule has 1 aliphatic rings. The Bertz CT molecular complexity index is 1040. The van der Waals surface area contributed by atoms with Gasteiger partial charge in [-0.2, -0.15) is 0 Å². The molecule has 0 radical (unpaired) electrons. The number of para-hydroxylation sites is 1. The minimum atomic E-state index is -0.496. The molecule has 1 aromatic heterocycles. The summed E-state index contributed by atoms with van der Waals surface area (Å²) in [4.78, 5) is 21.6. The van der Waals surface area contributed by atoms with Crippen molar-refractivity contribution in [2.75, 3.05) is 50.9 Å². The molecule has 0 spiro atoms. The first-order chi connectivity index (χ1) is 15.1. The van der Waals surface area contributed by atoms with Gasteiger partial charge in [-0.3, -0.25) is 14.6 Å². The van der Waals surface area contributed by atoms with E-state index in [1.807, 2.05) is 12.1 Å². The molecular formula is C22H23ClFN3O3S. The number of hydrogen-bond acceptors (Lipinski definition) is 6. The lowest BCUT2D eigenvalue weighted by molar-refractivity contribution is -0.120. The van der Waals surface area contributed by atoms with Crippen molar-refractivity contribution < 1.29 is 18.7 Å². The highest BCUT2D eigenvalue weighted by Gasteiger charge is 2.21. The first-order valence-corrected chi connectivity index (χ1v) is 11.3. The van der Waals surface area contributed by atoms with Crippen LogP contribution in [0.3, 0.4) is 0 Å². The van der Waals surface area contributed by atoms with Gasteiger partial charge in [0.05, 0.1) is 23.4 Å². The second-order valence-corrected chi connectivity index (χ2v) is 8.63. The third-order valence-electron chi connectivity index (χ3n) is 5.02. The number of carbonyl (C=O) groups is 1. The predicted molar refractivity (Wildman–Crippen MR) is 121 cm³/mol. The van der Waals surface area contributed by atoms with Gasteiger partial charge in [0.1, 0.15) is 0 Å². The van der Waals surface area contributed by atoms with Gasteiger partial charge in [0.2, 0.25) is 0 Å². The van der Waals surface area contributed by atoms with Crippen molar-refractivity contribution in [2.45, 2.75) is 6.42 Å². The van der Waals surface area contributed by atoms with Crippen molar-refractivity contribution in [1.82, 2.24) is 9.88 Å². The normalized spacial score (nSPS) is 14.6. The summed E-state index contributed by atoms with van der Waals surface area (Å²) < 4.78 is 25.6. The average molecular weight is 464 g/mol. The molecule has 4 rings (SSSR count). The maximum Gasteiger partial charge on any atom is 0.266 e. The second kappa shape index (κ2) is 10.4. The maximum atomic E-state index is 13.9. The highest BCUT2D eigenvalue weighted by atomic mass is 35.5. The molecule has 3 aromatic rings. The lowest BCUT2D eigenvalue weighted by atomic mass is 10.3. The Morgan fingerprint density at radius 3 is 2.87 bits per heavy atom. The summed E-state index contributed by atoms with van der Waals surface area (Å²) in [6, 6.07) is 11.5. The zero-order chi connectivity index (χ0) is 21.6. The molecule has 0 aliphatic carbocycles. The van der Waals surface area contributed by atoms with Crippen LogP contribution in [0.25, 0.3) is 10.2 Å². The SMILES string of the molecule is O=C(COc1ccccc1F)N(CCCN1CCOCC1)c1nc2ccc(Cl)cc2s1. The van der Waals surface area contributed by atoms with Crippen molar-refractivity contribution in [1.29, 1.82) is 0 Å². The number of amides is 1. The fourth-order valence-corrected chi connectivity index (χ4v) is 4.67. The van der Waals surface area contributed by atoms with Crippen LogP contribution in [0, 0.1) is 5.82 Å².